The fourth-order valence-corrected chi connectivity index (χ4v) is 5.30. The van der Waals surface area contributed by atoms with Crippen molar-refractivity contribution in [1.82, 2.24) is 14.9 Å². The highest BCUT2D eigenvalue weighted by Crippen LogP contribution is 2.33. The molecular formula is C18H21ClN4S2. The van der Waals surface area contributed by atoms with E-state index in [1.807, 2.05) is 18.2 Å². The molecule has 0 spiro atoms. The van der Waals surface area contributed by atoms with Crippen molar-refractivity contribution in [1.29, 1.82) is 0 Å². The van der Waals surface area contributed by atoms with Gasteiger partial charge in [-0.2, -0.15) is 0 Å². The van der Waals surface area contributed by atoms with E-state index in [0.29, 0.717) is 0 Å². The van der Waals surface area contributed by atoms with Crippen LogP contribution in [0.15, 0.2) is 18.2 Å². The number of nitrogens with zero attached hydrogens (tertiary/aromatic N) is 3. The zero-order valence-electron chi connectivity index (χ0n) is 14.4. The van der Waals surface area contributed by atoms with E-state index in [4.69, 9.17) is 16.6 Å². The Kier molecular flexibility index (Phi) is 4.95. The van der Waals surface area contributed by atoms with Crippen LogP contribution in [0.3, 0.4) is 0 Å². The number of rotatable bonds is 4. The van der Waals surface area contributed by atoms with E-state index in [0.717, 1.165) is 43.7 Å². The van der Waals surface area contributed by atoms with Gasteiger partial charge in [0.2, 0.25) is 0 Å². The van der Waals surface area contributed by atoms with Crippen LogP contribution in [0.25, 0.3) is 10.2 Å². The third-order valence-corrected chi connectivity index (χ3v) is 6.93. The molecule has 0 bridgehead atoms. The number of anilines is 2. The summed E-state index contributed by atoms with van der Waals surface area (Å²) in [7, 11) is 0. The van der Waals surface area contributed by atoms with E-state index in [2.05, 4.69) is 29.0 Å². The quantitative estimate of drug-likeness (QED) is 0.619. The zero-order chi connectivity index (χ0) is 17.4. The van der Waals surface area contributed by atoms with Gasteiger partial charge in [-0.3, -0.25) is 4.90 Å². The average Bonchev–Trinajstić information content (AvgIpc) is 3.12. The molecule has 1 fully saturated rings. The van der Waals surface area contributed by atoms with Gasteiger partial charge in [0.05, 0.1) is 15.9 Å². The van der Waals surface area contributed by atoms with Gasteiger partial charge in [-0.1, -0.05) is 29.9 Å². The van der Waals surface area contributed by atoms with Crippen LogP contribution in [0.2, 0.25) is 5.02 Å². The molecule has 2 aromatic heterocycles. The molecule has 4 rings (SSSR count). The second kappa shape index (κ2) is 7.19. The maximum atomic E-state index is 6.06. The number of hydrogen-bond donors (Lipinski definition) is 1. The Hall–Kier alpha value is -1.21. The van der Waals surface area contributed by atoms with Gasteiger partial charge in [-0.05, 0) is 57.0 Å². The van der Waals surface area contributed by atoms with Crippen LogP contribution in [0.4, 0.5) is 10.3 Å². The monoisotopic (exact) mass is 392 g/mol. The number of hydrogen-bond acceptors (Lipinski definition) is 6. The molecule has 1 aromatic carbocycles. The van der Waals surface area contributed by atoms with Crippen molar-refractivity contribution >= 4 is 54.8 Å². The summed E-state index contributed by atoms with van der Waals surface area (Å²) >= 11 is 9.40. The van der Waals surface area contributed by atoms with Crippen LogP contribution in [-0.4, -0.2) is 28.0 Å². The molecule has 25 heavy (non-hydrogen) atoms. The highest BCUT2D eigenvalue weighted by atomic mass is 35.5. The summed E-state index contributed by atoms with van der Waals surface area (Å²) in [5.41, 5.74) is 2.09. The molecule has 7 heteroatoms. The smallest absolute Gasteiger partial charge is 0.190 e. The highest BCUT2D eigenvalue weighted by molar-refractivity contribution is 7.22. The number of fused-ring (bicyclic) bond motifs is 1. The molecule has 0 unspecified atom stereocenters. The third-order valence-electron chi connectivity index (χ3n) is 4.70. The first-order chi connectivity index (χ1) is 12.1. The second-order valence-corrected chi connectivity index (χ2v) is 9.29. The number of aromatic nitrogens is 2. The third kappa shape index (κ3) is 3.97. The van der Waals surface area contributed by atoms with Gasteiger partial charge in [0.15, 0.2) is 10.3 Å². The summed E-state index contributed by atoms with van der Waals surface area (Å²) in [5.74, 6) is 0.864. The second-order valence-electron chi connectivity index (χ2n) is 6.74. The molecule has 1 N–H and O–H groups in total. The van der Waals surface area contributed by atoms with E-state index < -0.39 is 0 Å². The first-order valence-corrected chi connectivity index (χ1v) is 10.6. The Morgan fingerprint density at radius 1 is 1.20 bits per heavy atom. The predicted octanol–water partition coefficient (Wildman–Crippen LogP) is 5.69. The number of aryl methyl sites for hydroxylation is 1. The minimum Gasteiger partial charge on any atom is -0.307 e. The number of thiazole rings is 2. The van der Waals surface area contributed by atoms with Crippen LogP contribution >= 0.6 is 34.3 Å². The van der Waals surface area contributed by atoms with Crippen LogP contribution in [-0.2, 0) is 6.54 Å². The summed E-state index contributed by atoms with van der Waals surface area (Å²) in [4.78, 5) is 13.2. The summed E-state index contributed by atoms with van der Waals surface area (Å²) < 4.78 is 1.09. The molecule has 0 atom stereocenters. The largest absolute Gasteiger partial charge is 0.307 e. The highest BCUT2D eigenvalue weighted by Gasteiger charge is 2.18. The topological polar surface area (TPSA) is 41.1 Å². The Morgan fingerprint density at radius 3 is 2.76 bits per heavy atom. The molecule has 0 aliphatic carbocycles. The van der Waals surface area contributed by atoms with Crippen molar-refractivity contribution in [2.24, 2.45) is 5.92 Å². The molecular weight excluding hydrogens is 372 g/mol. The van der Waals surface area contributed by atoms with E-state index in [-0.39, 0.29) is 0 Å². The minimum atomic E-state index is 0.742. The lowest BCUT2D eigenvalue weighted by atomic mass is 9.99. The lowest BCUT2D eigenvalue weighted by Crippen LogP contribution is -2.32. The molecule has 0 saturated carbocycles. The predicted molar refractivity (Wildman–Crippen MR) is 108 cm³/mol. The number of nitrogens with one attached hydrogen (secondary N) is 1. The maximum absolute atomic E-state index is 6.06. The van der Waals surface area contributed by atoms with E-state index in [1.165, 1.54) is 30.8 Å². The van der Waals surface area contributed by atoms with Gasteiger partial charge in [0, 0.05) is 16.4 Å². The normalized spacial score (nSPS) is 16.6. The van der Waals surface area contributed by atoms with Crippen molar-refractivity contribution in [3.05, 3.63) is 33.8 Å². The number of piperidine rings is 1. The number of benzene rings is 1. The summed E-state index contributed by atoms with van der Waals surface area (Å²) in [5, 5.41) is 5.90. The Morgan fingerprint density at radius 2 is 1.96 bits per heavy atom. The number of likely N-dealkylation sites (tertiary alicyclic amines) is 1. The van der Waals surface area contributed by atoms with E-state index in [9.17, 15) is 0 Å². The fourth-order valence-electron chi connectivity index (χ4n) is 3.09. The van der Waals surface area contributed by atoms with Gasteiger partial charge >= 0.3 is 0 Å². The first kappa shape index (κ1) is 17.2. The molecule has 0 amide bonds. The molecule has 0 radical (unpaired) electrons. The standard InChI is InChI=1S/C18H21ClN4S2/c1-11-5-7-23(8-6-11)10-16-12(2)20-17(25-16)22-18-21-14-4-3-13(19)9-15(14)24-18/h3-4,9,11H,5-8,10H2,1-2H3,(H,20,21,22). The van der Waals surface area contributed by atoms with Crippen LogP contribution in [0, 0.1) is 12.8 Å². The van der Waals surface area contributed by atoms with E-state index in [1.54, 1.807) is 22.7 Å². The summed E-state index contributed by atoms with van der Waals surface area (Å²) in [6.45, 7) is 7.84. The molecule has 1 saturated heterocycles. The Labute approximate surface area is 160 Å². The molecule has 3 aromatic rings. The molecule has 1 aliphatic heterocycles. The van der Waals surface area contributed by atoms with Gasteiger partial charge in [-0.15, -0.1) is 11.3 Å². The van der Waals surface area contributed by atoms with Gasteiger partial charge in [0.25, 0.3) is 0 Å². The van der Waals surface area contributed by atoms with Crippen molar-refractivity contribution in [2.75, 3.05) is 18.4 Å². The van der Waals surface area contributed by atoms with Crippen molar-refractivity contribution in [2.45, 2.75) is 33.2 Å². The zero-order valence-corrected chi connectivity index (χ0v) is 16.8. The van der Waals surface area contributed by atoms with Gasteiger partial charge in [0.1, 0.15) is 0 Å². The lowest BCUT2D eigenvalue weighted by molar-refractivity contribution is 0.186. The molecule has 3 heterocycles. The first-order valence-electron chi connectivity index (χ1n) is 8.58. The van der Waals surface area contributed by atoms with Crippen LogP contribution in [0.5, 0.6) is 0 Å². The average molecular weight is 393 g/mol. The van der Waals surface area contributed by atoms with Gasteiger partial charge < -0.3 is 5.32 Å². The Balaban J connectivity index is 1.47. The van der Waals surface area contributed by atoms with Gasteiger partial charge in [-0.25, -0.2) is 9.97 Å². The van der Waals surface area contributed by atoms with Crippen molar-refractivity contribution < 1.29 is 0 Å². The summed E-state index contributed by atoms with van der Waals surface area (Å²) in [6.07, 6.45) is 2.61. The SMILES string of the molecule is Cc1nc(Nc2nc3ccc(Cl)cc3s2)sc1CN1CCC(C)CC1. The summed E-state index contributed by atoms with van der Waals surface area (Å²) in [6, 6.07) is 5.78. The van der Waals surface area contributed by atoms with Crippen LogP contribution < -0.4 is 5.32 Å². The molecule has 1 aliphatic rings. The fraction of sp³-hybridized carbons (Fsp3) is 0.444. The van der Waals surface area contributed by atoms with Crippen LogP contribution in [0.1, 0.15) is 30.3 Å². The number of halogens is 1. The molecule has 4 nitrogen and oxygen atoms in total. The van der Waals surface area contributed by atoms with E-state index >= 15 is 0 Å². The van der Waals surface area contributed by atoms with Crippen molar-refractivity contribution in [3.63, 3.8) is 0 Å². The maximum Gasteiger partial charge on any atom is 0.190 e. The van der Waals surface area contributed by atoms with Crippen molar-refractivity contribution in [3.8, 4) is 0 Å². The Bertz CT molecular complexity index is 880. The minimum absolute atomic E-state index is 0.742. The lowest BCUT2D eigenvalue weighted by Gasteiger charge is -2.29. The molecule has 132 valence electrons.